The first-order chi connectivity index (χ1) is 9.20. The quantitative estimate of drug-likeness (QED) is 0.865. The lowest BCUT2D eigenvalue weighted by Crippen LogP contribution is -2.47. The minimum absolute atomic E-state index is 0. The van der Waals surface area contributed by atoms with Gasteiger partial charge in [0, 0.05) is 17.1 Å². The first-order valence-electron chi connectivity index (χ1n) is 6.69. The smallest absolute Gasteiger partial charge is 0.238 e. The van der Waals surface area contributed by atoms with E-state index in [1.807, 2.05) is 24.3 Å². The van der Waals surface area contributed by atoms with E-state index < -0.39 is 0 Å². The second kappa shape index (κ2) is 8.62. The molecule has 0 bridgehead atoms. The van der Waals surface area contributed by atoms with Gasteiger partial charge in [-0.3, -0.25) is 9.69 Å². The Bertz CT molecular complexity index is 444. The lowest BCUT2D eigenvalue weighted by Gasteiger charge is -2.34. The zero-order valence-electron chi connectivity index (χ0n) is 11.3. The van der Waals surface area contributed by atoms with Crippen LogP contribution in [0.25, 0.3) is 0 Å². The highest BCUT2D eigenvalue weighted by Gasteiger charge is 2.23. The van der Waals surface area contributed by atoms with Gasteiger partial charge in [-0.05, 0) is 47.4 Å². The van der Waals surface area contributed by atoms with Crippen LogP contribution in [0.15, 0.2) is 28.7 Å². The summed E-state index contributed by atoms with van der Waals surface area (Å²) in [5.74, 6) is 0.0206. The average Bonchev–Trinajstić information content (AvgIpc) is 2.42. The number of carbonyl (C=O) groups is 1. The average molecular weight is 363 g/mol. The van der Waals surface area contributed by atoms with Crippen molar-refractivity contribution < 1.29 is 4.79 Å². The molecule has 1 atom stereocenters. The number of piperidine rings is 1. The molecule has 2 rings (SSSR count). The summed E-state index contributed by atoms with van der Waals surface area (Å²) in [5, 5.41) is 2.93. The maximum atomic E-state index is 12.1. The lowest BCUT2D eigenvalue weighted by atomic mass is 10.0. The fourth-order valence-electron chi connectivity index (χ4n) is 2.47. The van der Waals surface area contributed by atoms with Crippen molar-refractivity contribution in [1.29, 1.82) is 0 Å². The Hall–Kier alpha value is -0.620. The predicted molar refractivity (Wildman–Crippen MR) is 88.3 cm³/mol. The monoisotopic (exact) mass is 361 g/mol. The number of nitrogens with one attached hydrogen (secondary N) is 1. The van der Waals surface area contributed by atoms with Crippen molar-refractivity contribution in [3.8, 4) is 0 Å². The Morgan fingerprint density at radius 3 is 2.85 bits per heavy atom. The van der Waals surface area contributed by atoms with Gasteiger partial charge in [0.15, 0.2) is 0 Å². The summed E-state index contributed by atoms with van der Waals surface area (Å²) in [5.41, 5.74) is 6.58. The molecule has 1 amide bonds. The predicted octanol–water partition coefficient (Wildman–Crippen LogP) is 2.62. The Morgan fingerprint density at radius 1 is 1.40 bits per heavy atom. The number of likely N-dealkylation sites (tertiary alicyclic amines) is 1. The third-order valence-corrected chi connectivity index (χ3v) is 4.21. The largest absolute Gasteiger partial charge is 0.329 e. The number of hydrogen-bond acceptors (Lipinski definition) is 3. The Balaban J connectivity index is 0.00000200. The zero-order valence-corrected chi connectivity index (χ0v) is 13.8. The topological polar surface area (TPSA) is 58.4 Å². The van der Waals surface area contributed by atoms with Gasteiger partial charge in [-0.1, -0.05) is 18.6 Å². The van der Waals surface area contributed by atoms with Crippen LogP contribution in [0, 0.1) is 0 Å². The number of nitrogens with two attached hydrogens (primary N) is 1. The van der Waals surface area contributed by atoms with Gasteiger partial charge < -0.3 is 11.1 Å². The Morgan fingerprint density at radius 2 is 2.15 bits per heavy atom. The molecule has 1 aliphatic heterocycles. The molecule has 20 heavy (non-hydrogen) atoms. The number of nitrogens with zero attached hydrogens (tertiary/aromatic N) is 1. The minimum atomic E-state index is 0. The van der Waals surface area contributed by atoms with Crippen molar-refractivity contribution in [2.45, 2.75) is 25.3 Å². The van der Waals surface area contributed by atoms with Crippen LogP contribution in [0.3, 0.4) is 0 Å². The molecule has 1 aromatic rings. The number of amides is 1. The van der Waals surface area contributed by atoms with Crippen molar-refractivity contribution >= 4 is 39.9 Å². The fraction of sp³-hybridized carbons (Fsp3) is 0.500. The molecule has 1 fully saturated rings. The van der Waals surface area contributed by atoms with E-state index >= 15 is 0 Å². The van der Waals surface area contributed by atoms with Gasteiger partial charge in [0.1, 0.15) is 0 Å². The number of anilines is 1. The first kappa shape index (κ1) is 17.4. The molecule has 0 aromatic heterocycles. The second-order valence-electron chi connectivity index (χ2n) is 4.88. The molecule has 1 aliphatic rings. The Labute approximate surface area is 134 Å². The molecule has 112 valence electrons. The number of carbonyl (C=O) groups excluding carboxylic acids is 1. The number of rotatable bonds is 4. The molecule has 0 spiro atoms. The lowest BCUT2D eigenvalue weighted by molar-refractivity contribution is -0.118. The van der Waals surface area contributed by atoms with E-state index in [1.165, 1.54) is 6.42 Å². The fourth-order valence-corrected chi connectivity index (χ4v) is 2.86. The highest BCUT2D eigenvalue weighted by molar-refractivity contribution is 9.10. The highest BCUT2D eigenvalue weighted by atomic mass is 79.9. The molecule has 0 aliphatic carbocycles. The minimum Gasteiger partial charge on any atom is -0.329 e. The molecule has 1 heterocycles. The van der Waals surface area contributed by atoms with Crippen LogP contribution in [-0.4, -0.2) is 36.5 Å². The standard InChI is InChI=1S/C14H20BrN3O.ClH/c15-12-6-1-2-7-13(12)17-14(19)10-18-8-4-3-5-11(18)9-16;/h1-2,6-7,11H,3-5,8-10,16H2,(H,17,19);1H. The zero-order chi connectivity index (χ0) is 13.7. The van der Waals surface area contributed by atoms with Crippen molar-refractivity contribution in [2.24, 2.45) is 5.73 Å². The highest BCUT2D eigenvalue weighted by Crippen LogP contribution is 2.21. The van der Waals surface area contributed by atoms with Gasteiger partial charge in [-0.25, -0.2) is 0 Å². The van der Waals surface area contributed by atoms with Crippen molar-refractivity contribution in [3.05, 3.63) is 28.7 Å². The summed E-state index contributed by atoms with van der Waals surface area (Å²) < 4.78 is 0.900. The van der Waals surface area contributed by atoms with E-state index in [0.29, 0.717) is 19.1 Å². The SMILES string of the molecule is Cl.NCC1CCCCN1CC(=O)Nc1ccccc1Br. The molecular weight excluding hydrogens is 342 g/mol. The van der Waals surface area contributed by atoms with Crippen LogP contribution in [0.1, 0.15) is 19.3 Å². The molecular formula is C14H21BrClN3O. The van der Waals surface area contributed by atoms with Gasteiger partial charge in [0.05, 0.1) is 12.2 Å². The van der Waals surface area contributed by atoms with Gasteiger partial charge in [-0.15, -0.1) is 12.4 Å². The molecule has 1 unspecified atom stereocenters. The van der Waals surface area contributed by atoms with Crippen molar-refractivity contribution in [1.82, 2.24) is 4.90 Å². The van der Waals surface area contributed by atoms with E-state index in [-0.39, 0.29) is 18.3 Å². The van der Waals surface area contributed by atoms with Gasteiger partial charge in [-0.2, -0.15) is 0 Å². The third-order valence-electron chi connectivity index (χ3n) is 3.52. The second-order valence-corrected chi connectivity index (χ2v) is 5.74. The summed E-state index contributed by atoms with van der Waals surface area (Å²) in [6.07, 6.45) is 3.46. The van der Waals surface area contributed by atoms with E-state index in [9.17, 15) is 4.79 Å². The van der Waals surface area contributed by atoms with E-state index in [0.717, 1.165) is 29.5 Å². The third kappa shape index (κ3) is 4.74. The summed E-state index contributed by atoms with van der Waals surface area (Å²) >= 11 is 3.43. The summed E-state index contributed by atoms with van der Waals surface area (Å²) in [6.45, 7) is 2.01. The van der Waals surface area contributed by atoms with Crippen LogP contribution in [0.4, 0.5) is 5.69 Å². The summed E-state index contributed by atoms with van der Waals surface area (Å²) in [6, 6.07) is 7.98. The maximum Gasteiger partial charge on any atom is 0.238 e. The number of para-hydroxylation sites is 1. The van der Waals surface area contributed by atoms with E-state index in [4.69, 9.17) is 5.73 Å². The number of halogens is 2. The molecule has 6 heteroatoms. The first-order valence-corrected chi connectivity index (χ1v) is 7.48. The molecule has 0 saturated carbocycles. The molecule has 1 aromatic carbocycles. The van der Waals surface area contributed by atoms with Gasteiger partial charge in [0.25, 0.3) is 0 Å². The molecule has 0 radical (unpaired) electrons. The van der Waals surface area contributed by atoms with E-state index in [1.54, 1.807) is 0 Å². The van der Waals surface area contributed by atoms with E-state index in [2.05, 4.69) is 26.1 Å². The van der Waals surface area contributed by atoms with Crippen LogP contribution in [0.5, 0.6) is 0 Å². The van der Waals surface area contributed by atoms with Gasteiger partial charge >= 0.3 is 0 Å². The van der Waals surface area contributed by atoms with Gasteiger partial charge in [0.2, 0.25) is 5.91 Å². The Kier molecular flexibility index (Phi) is 7.51. The molecule has 4 nitrogen and oxygen atoms in total. The summed E-state index contributed by atoms with van der Waals surface area (Å²) in [4.78, 5) is 14.3. The number of hydrogen-bond donors (Lipinski definition) is 2. The normalized spacial score (nSPS) is 19.2. The number of benzene rings is 1. The maximum absolute atomic E-state index is 12.1. The molecule has 3 N–H and O–H groups in total. The molecule has 1 saturated heterocycles. The van der Waals surface area contributed by atoms with Crippen molar-refractivity contribution in [3.63, 3.8) is 0 Å². The van der Waals surface area contributed by atoms with Crippen LogP contribution < -0.4 is 11.1 Å². The van der Waals surface area contributed by atoms with Crippen LogP contribution >= 0.6 is 28.3 Å². The van der Waals surface area contributed by atoms with Crippen molar-refractivity contribution in [2.75, 3.05) is 25.0 Å². The summed E-state index contributed by atoms with van der Waals surface area (Å²) in [7, 11) is 0. The van der Waals surface area contributed by atoms with Crippen LogP contribution in [0.2, 0.25) is 0 Å². The van der Waals surface area contributed by atoms with Crippen LogP contribution in [-0.2, 0) is 4.79 Å².